The molecule has 0 bridgehead atoms. The van der Waals surface area contributed by atoms with Crippen LogP contribution in [0.5, 0.6) is 5.75 Å². The van der Waals surface area contributed by atoms with Crippen LogP contribution in [-0.4, -0.2) is 21.6 Å². The van der Waals surface area contributed by atoms with Crippen molar-refractivity contribution >= 4 is 11.8 Å². The SMILES string of the molecule is CCOc1ccc(CSc2nccc(C(F)(F)F)n2)nc1. The lowest BCUT2D eigenvalue weighted by atomic mass is 10.4. The smallest absolute Gasteiger partial charge is 0.433 e. The Bertz CT molecular complexity index is 590. The zero-order chi connectivity index (χ0) is 15.3. The topological polar surface area (TPSA) is 47.9 Å². The summed E-state index contributed by atoms with van der Waals surface area (Å²) in [5.41, 5.74) is -0.232. The number of rotatable bonds is 5. The minimum absolute atomic E-state index is 0.0699. The zero-order valence-electron chi connectivity index (χ0n) is 11.1. The molecule has 0 amide bonds. The molecule has 0 aliphatic carbocycles. The summed E-state index contributed by atoms with van der Waals surface area (Å²) in [5, 5.41) is 0.0699. The van der Waals surface area contributed by atoms with E-state index in [1.807, 2.05) is 6.92 Å². The number of aromatic nitrogens is 3. The maximum atomic E-state index is 12.5. The summed E-state index contributed by atoms with van der Waals surface area (Å²) in [7, 11) is 0. The second-order valence-electron chi connectivity index (χ2n) is 3.93. The molecule has 2 aromatic heterocycles. The van der Waals surface area contributed by atoms with Crippen molar-refractivity contribution in [2.45, 2.75) is 24.0 Å². The Morgan fingerprint density at radius 3 is 2.62 bits per heavy atom. The van der Waals surface area contributed by atoms with Crippen molar-refractivity contribution in [2.75, 3.05) is 6.61 Å². The highest BCUT2D eigenvalue weighted by atomic mass is 32.2. The third-order valence-corrected chi connectivity index (χ3v) is 3.28. The first-order valence-corrected chi connectivity index (χ1v) is 7.08. The van der Waals surface area contributed by atoms with Crippen molar-refractivity contribution in [1.29, 1.82) is 0 Å². The zero-order valence-corrected chi connectivity index (χ0v) is 11.9. The largest absolute Gasteiger partial charge is 0.492 e. The highest BCUT2D eigenvalue weighted by molar-refractivity contribution is 7.98. The van der Waals surface area contributed by atoms with Crippen LogP contribution >= 0.6 is 11.8 Å². The average Bonchev–Trinajstić information content (AvgIpc) is 2.46. The van der Waals surface area contributed by atoms with Crippen LogP contribution in [0.4, 0.5) is 13.2 Å². The lowest BCUT2D eigenvalue weighted by Gasteiger charge is -2.07. The van der Waals surface area contributed by atoms with E-state index in [9.17, 15) is 13.2 Å². The number of pyridine rings is 1. The molecule has 21 heavy (non-hydrogen) atoms. The van der Waals surface area contributed by atoms with Gasteiger partial charge < -0.3 is 4.74 Å². The number of thioether (sulfide) groups is 1. The van der Waals surface area contributed by atoms with Crippen LogP contribution in [0.2, 0.25) is 0 Å². The molecule has 0 aliphatic heterocycles. The molecule has 2 aromatic rings. The fourth-order valence-corrected chi connectivity index (χ4v) is 2.20. The molecular formula is C13H12F3N3OS. The summed E-state index contributed by atoms with van der Waals surface area (Å²) in [5.74, 6) is 1.04. The Morgan fingerprint density at radius 2 is 2.00 bits per heavy atom. The molecule has 0 unspecified atom stereocenters. The van der Waals surface area contributed by atoms with E-state index in [1.165, 1.54) is 0 Å². The molecular weight excluding hydrogens is 303 g/mol. The third kappa shape index (κ3) is 4.59. The normalized spacial score (nSPS) is 11.4. The Labute approximate surface area is 123 Å². The summed E-state index contributed by atoms with van der Waals surface area (Å²) in [6.45, 7) is 2.42. The van der Waals surface area contributed by atoms with E-state index < -0.39 is 11.9 Å². The van der Waals surface area contributed by atoms with Gasteiger partial charge in [-0.1, -0.05) is 11.8 Å². The second-order valence-corrected chi connectivity index (χ2v) is 4.87. The molecule has 0 saturated carbocycles. The molecule has 0 radical (unpaired) electrons. The molecule has 0 fully saturated rings. The maximum absolute atomic E-state index is 12.5. The van der Waals surface area contributed by atoms with Gasteiger partial charge in [0.15, 0.2) is 5.16 Å². The number of alkyl halides is 3. The molecule has 0 aliphatic rings. The number of ether oxygens (including phenoxy) is 1. The summed E-state index contributed by atoms with van der Waals surface area (Å²) >= 11 is 1.10. The Balaban J connectivity index is 1.99. The van der Waals surface area contributed by atoms with E-state index >= 15 is 0 Å². The molecule has 2 heterocycles. The van der Waals surface area contributed by atoms with Crippen LogP contribution < -0.4 is 4.74 Å². The van der Waals surface area contributed by atoms with Gasteiger partial charge in [0, 0.05) is 11.9 Å². The van der Waals surface area contributed by atoms with E-state index in [4.69, 9.17) is 4.74 Å². The van der Waals surface area contributed by atoms with E-state index in [0.717, 1.165) is 24.0 Å². The standard InChI is InChI=1S/C13H12F3N3OS/c1-2-20-10-4-3-9(18-7-10)8-21-12-17-6-5-11(19-12)13(14,15)16/h3-7H,2,8H2,1H3. The highest BCUT2D eigenvalue weighted by Gasteiger charge is 2.32. The minimum Gasteiger partial charge on any atom is -0.492 e. The van der Waals surface area contributed by atoms with Crippen molar-refractivity contribution < 1.29 is 17.9 Å². The lowest BCUT2D eigenvalue weighted by molar-refractivity contribution is -0.141. The first-order valence-electron chi connectivity index (χ1n) is 6.10. The first kappa shape index (κ1) is 15.6. The van der Waals surface area contributed by atoms with Gasteiger partial charge in [-0.25, -0.2) is 9.97 Å². The molecule has 0 N–H and O–H groups in total. The Hall–Kier alpha value is -1.83. The van der Waals surface area contributed by atoms with Crippen molar-refractivity contribution in [3.63, 3.8) is 0 Å². The highest BCUT2D eigenvalue weighted by Crippen LogP contribution is 2.29. The summed E-state index contributed by atoms with van der Waals surface area (Å²) in [6, 6.07) is 4.37. The van der Waals surface area contributed by atoms with Gasteiger partial charge in [-0.05, 0) is 25.1 Å². The predicted molar refractivity (Wildman–Crippen MR) is 72.0 cm³/mol. The summed E-state index contributed by atoms with van der Waals surface area (Å²) in [4.78, 5) is 11.5. The van der Waals surface area contributed by atoms with Gasteiger partial charge >= 0.3 is 6.18 Å². The molecule has 4 nitrogen and oxygen atoms in total. The fraction of sp³-hybridized carbons (Fsp3) is 0.308. The van der Waals surface area contributed by atoms with Gasteiger partial charge in [-0.15, -0.1) is 0 Å². The van der Waals surface area contributed by atoms with E-state index in [2.05, 4.69) is 15.0 Å². The van der Waals surface area contributed by atoms with Crippen LogP contribution in [0, 0.1) is 0 Å². The Morgan fingerprint density at radius 1 is 1.19 bits per heavy atom. The van der Waals surface area contributed by atoms with Crippen LogP contribution in [0.25, 0.3) is 0 Å². The second kappa shape index (κ2) is 6.75. The van der Waals surface area contributed by atoms with Crippen LogP contribution in [-0.2, 0) is 11.9 Å². The summed E-state index contributed by atoms with van der Waals surface area (Å²) in [6.07, 6.45) is -1.79. The van der Waals surface area contributed by atoms with Crippen molar-refractivity contribution in [2.24, 2.45) is 0 Å². The molecule has 0 atom stereocenters. The van der Waals surface area contributed by atoms with Crippen molar-refractivity contribution in [3.8, 4) is 5.75 Å². The van der Waals surface area contributed by atoms with Crippen molar-refractivity contribution in [3.05, 3.63) is 42.0 Å². The minimum atomic E-state index is -4.46. The Kier molecular flexibility index (Phi) is 5.00. The number of hydrogen-bond acceptors (Lipinski definition) is 5. The molecule has 8 heteroatoms. The summed E-state index contributed by atoms with van der Waals surface area (Å²) < 4.78 is 42.8. The van der Waals surface area contributed by atoms with Crippen LogP contribution in [0.1, 0.15) is 18.3 Å². The fourth-order valence-electron chi connectivity index (χ4n) is 1.46. The van der Waals surface area contributed by atoms with E-state index in [-0.39, 0.29) is 5.16 Å². The molecule has 112 valence electrons. The lowest BCUT2D eigenvalue weighted by Crippen LogP contribution is -2.08. The van der Waals surface area contributed by atoms with Crippen LogP contribution in [0.3, 0.4) is 0 Å². The van der Waals surface area contributed by atoms with Gasteiger partial charge in [0.05, 0.1) is 18.5 Å². The van der Waals surface area contributed by atoms with Gasteiger partial charge in [0.2, 0.25) is 0 Å². The van der Waals surface area contributed by atoms with Gasteiger partial charge in [-0.3, -0.25) is 4.98 Å². The van der Waals surface area contributed by atoms with Gasteiger partial charge in [0.1, 0.15) is 11.4 Å². The average molecular weight is 315 g/mol. The van der Waals surface area contributed by atoms with E-state index in [0.29, 0.717) is 23.8 Å². The first-order chi connectivity index (χ1) is 9.99. The number of hydrogen-bond donors (Lipinski definition) is 0. The van der Waals surface area contributed by atoms with Crippen LogP contribution in [0.15, 0.2) is 35.7 Å². The van der Waals surface area contributed by atoms with Crippen molar-refractivity contribution in [1.82, 2.24) is 15.0 Å². The van der Waals surface area contributed by atoms with Gasteiger partial charge in [0.25, 0.3) is 0 Å². The van der Waals surface area contributed by atoms with E-state index in [1.54, 1.807) is 18.3 Å². The molecule has 0 saturated heterocycles. The predicted octanol–water partition coefficient (Wildman–Crippen LogP) is 3.58. The molecule has 0 spiro atoms. The quantitative estimate of drug-likeness (QED) is 0.623. The third-order valence-electron chi connectivity index (χ3n) is 2.38. The maximum Gasteiger partial charge on any atom is 0.433 e. The number of nitrogens with zero attached hydrogens (tertiary/aromatic N) is 3. The monoisotopic (exact) mass is 315 g/mol. The number of halogens is 3. The van der Waals surface area contributed by atoms with Gasteiger partial charge in [-0.2, -0.15) is 13.2 Å². The molecule has 0 aromatic carbocycles. The molecule has 2 rings (SSSR count).